The van der Waals surface area contributed by atoms with Crippen LogP contribution in [0.15, 0.2) is 24.3 Å². The summed E-state index contributed by atoms with van der Waals surface area (Å²) in [6.45, 7) is 11.2. The van der Waals surface area contributed by atoms with Crippen LogP contribution in [0.1, 0.15) is 41.0 Å². The van der Waals surface area contributed by atoms with E-state index in [1.807, 2.05) is 31.2 Å². The molecule has 2 unspecified atom stereocenters. The Hall–Kier alpha value is -1.22. The van der Waals surface area contributed by atoms with Gasteiger partial charge >= 0.3 is 0 Å². The van der Waals surface area contributed by atoms with E-state index in [1.165, 1.54) is 0 Å². The average molecular weight is 265 g/mol. The fraction of sp³-hybridized carbons (Fsp3) is 0.625. The predicted molar refractivity (Wildman–Crippen MR) is 79.7 cm³/mol. The van der Waals surface area contributed by atoms with Crippen LogP contribution in [0.5, 0.6) is 11.5 Å². The fourth-order valence-electron chi connectivity index (χ4n) is 2.09. The first-order valence-electron chi connectivity index (χ1n) is 7.00. The van der Waals surface area contributed by atoms with Gasteiger partial charge in [-0.2, -0.15) is 0 Å². The minimum Gasteiger partial charge on any atom is -0.490 e. The highest BCUT2D eigenvalue weighted by molar-refractivity contribution is 5.39. The van der Waals surface area contributed by atoms with E-state index in [0.717, 1.165) is 17.9 Å². The minimum atomic E-state index is -0.0566. The van der Waals surface area contributed by atoms with Crippen molar-refractivity contribution in [3.8, 4) is 11.5 Å². The van der Waals surface area contributed by atoms with Gasteiger partial charge < -0.3 is 15.2 Å². The van der Waals surface area contributed by atoms with Crippen LogP contribution in [0.2, 0.25) is 0 Å². The summed E-state index contributed by atoms with van der Waals surface area (Å²) in [6, 6.07) is 7.74. The quantitative estimate of drug-likeness (QED) is 0.854. The molecule has 19 heavy (non-hydrogen) atoms. The molecule has 0 saturated carbocycles. The Morgan fingerprint density at radius 2 is 1.74 bits per heavy atom. The number of benzene rings is 1. The molecule has 1 aromatic rings. The van der Waals surface area contributed by atoms with Crippen LogP contribution in [-0.2, 0) is 0 Å². The summed E-state index contributed by atoms with van der Waals surface area (Å²) in [4.78, 5) is 0. The zero-order chi connectivity index (χ0) is 14.5. The second-order valence-corrected chi connectivity index (χ2v) is 6.06. The van der Waals surface area contributed by atoms with E-state index in [2.05, 4.69) is 27.7 Å². The van der Waals surface area contributed by atoms with Gasteiger partial charge in [-0.1, -0.05) is 39.8 Å². The van der Waals surface area contributed by atoms with E-state index in [-0.39, 0.29) is 17.6 Å². The molecule has 0 heterocycles. The van der Waals surface area contributed by atoms with Crippen LogP contribution in [0.3, 0.4) is 0 Å². The van der Waals surface area contributed by atoms with Crippen molar-refractivity contribution in [1.29, 1.82) is 0 Å². The van der Waals surface area contributed by atoms with Crippen molar-refractivity contribution in [3.63, 3.8) is 0 Å². The summed E-state index contributed by atoms with van der Waals surface area (Å²) >= 11 is 0. The summed E-state index contributed by atoms with van der Waals surface area (Å²) in [5.41, 5.74) is 6.03. The third-order valence-electron chi connectivity index (χ3n) is 2.90. The lowest BCUT2D eigenvalue weighted by molar-refractivity contribution is 0.0649. The summed E-state index contributed by atoms with van der Waals surface area (Å²) < 4.78 is 11.8. The average Bonchev–Trinajstić information content (AvgIpc) is 2.32. The zero-order valence-electron chi connectivity index (χ0n) is 12.8. The van der Waals surface area contributed by atoms with E-state index in [1.54, 1.807) is 0 Å². The molecule has 0 bridgehead atoms. The van der Waals surface area contributed by atoms with E-state index in [0.29, 0.717) is 6.61 Å². The first kappa shape index (κ1) is 15.8. The molecule has 0 aliphatic heterocycles. The van der Waals surface area contributed by atoms with Crippen molar-refractivity contribution in [3.05, 3.63) is 24.3 Å². The van der Waals surface area contributed by atoms with Gasteiger partial charge in [0.15, 0.2) is 11.5 Å². The van der Waals surface area contributed by atoms with Crippen LogP contribution < -0.4 is 15.2 Å². The van der Waals surface area contributed by atoms with Gasteiger partial charge in [0, 0.05) is 11.5 Å². The van der Waals surface area contributed by atoms with Crippen LogP contribution in [0.25, 0.3) is 0 Å². The standard InChI is InChI=1S/C16H27NO2/c1-6-11-18-13-9-7-8-10-14(13)19-15(12(2)17)16(3,4)5/h7-10,12,15H,6,11,17H2,1-5H3. The molecule has 0 aromatic heterocycles. The molecule has 1 rings (SSSR count). The lowest BCUT2D eigenvalue weighted by Gasteiger charge is -2.34. The number of hydrogen-bond acceptors (Lipinski definition) is 3. The highest BCUT2D eigenvalue weighted by atomic mass is 16.5. The Bertz CT molecular complexity index is 383. The molecule has 0 fully saturated rings. The molecule has 0 radical (unpaired) electrons. The number of hydrogen-bond donors (Lipinski definition) is 1. The monoisotopic (exact) mass is 265 g/mol. The van der Waals surface area contributed by atoms with Crippen molar-refractivity contribution in [2.75, 3.05) is 6.61 Å². The van der Waals surface area contributed by atoms with Crippen molar-refractivity contribution in [2.24, 2.45) is 11.1 Å². The highest BCUT2D eigenvalue weighted by Crippen LogP contribution is 2.32. The minimum absolute atomic E-state index is 0.0218. The third kappa shape index (κ3) is 4.75. The Morgan fingerprint density at radius 1 is 1.16 bits per heavy atom. The molecule has 2 atom stereocenters. The summed E-state index contributed by atoms with van der Waals surface area (Å²) in [6.07, 6.45) is 0.920. The van der Waals surface area contributed by atoms with Crippen LogP contribution in [-0.4, -0.2) is 18.8 Å². The Balaban J connectivity index is 2.90. The molecule has 3 nitrogen and oxygen atoms in total. The van der Waals surface area contributed by atoms with Crippen molar-refractivity contribution in [1.82, 2.24) is 0 Å². The SMILES string of the molecule is CCCOc1ccccc1OC(C(C)N)C(C)(C)C. The Morgan fingerprint density at radius 3 is 2.21 bits per heavy atom. The van der Waals surface area contributed by atoms with Gasteiger partial charge in [0.1, 0.15) is 6.10 Å². The normalized spacial score (nSPS) is 14.8. The van der Waals surface area contributed by atoms with Crippen molar-refractivity contribution >= 4 is 0 Å². The Labute approximate surface area is 117 Å². The molecule has 0 saturated heterocycles. The topological polar surface area (TPSA) is 44.5 Å². The van der Waals surface area contributed by atoms with Crippen molar-refractivity contribution in [2.45, 2.75) is 53.2 Å². The molecule has 0 aliphatic rings. The molecule has 2 N–H and O–H groups in total. The largest absolute Gasteiger partial charge is 0.490 e. The maximum absolute atomic E-state index is 6.12. The fourth-order valence-corrected chi connectivity index (χ4v) is 2.09. The van der Waals surface area contributed by atoms with Gasteiger partial charge in [-0.25, -0.2) is 0 Å². The maximum Gasteiger partial charge on any atom is 0.161 e. The predicted octanol–water partition coefficient (Wildman–Crippen LogP) is 3.62. The van der Waals surface area contributed by atoms with Gasteiger partial charge in [-0.15, -0.1) is 0 Å². The van der Waals surface area contributed by atoms with Gasteiger partial charge in [-0.3, -0.25) is 0 Å². The molecule has 3 heteroatoms. The first-order valence-corrected chi connectivity index (χ1v) is 7.00. The number of nitrogens with two attached hydrogens (primary N) is 1. The summed E-state index contributed by atoms with van der Waals surface area (Å²) in [5, 5.41) is 0. The summed E-state index contributed by atoms with van der Waals surface area (Å²) in [7, 11) is 0. The molecule has 1 aromatic carbocycles. The molecular formula is C16H27NO2. The zero-order valence-corrected chi connectivity index (χ0v) is 12.8. The van der Waals surface area contributed by atoms with Gasteiger partial charge in [0.2, 0.25) is 0 Å². The molecular weight excluding hydrogens is 238 g/mol. The lowest BCUT2D eigenvalue weighted by atomic mass is 9.85. The van der Waals surface area contributed by atoms with Crippen LogP contribution >= 0.6 is 0 Å². The highest BCUT2D eigenvalue weighted by Gasteiger charge is 2.30. The summed E-state index contributed by atoms with van der Waals surface area (Å²) in [5.74, 6) is 1.56. The van der Waals surface area contributed by atoms with Gasteiger partial charge in [0.25, 0.3) is 0 Å². The van der Waals surface area contributed by atoms with E-state index in [9.17, 15) is 0 Å². The van der Waals surface area contributed by atoms with Crippen molar-refractivity contribution < 1.29 is 9.47 Å². The Kier molecular flexibility index (Phi) is 5.67. The maximum atomic E-state index is 6.12. The number of rotatable bonds is 6. The van der Waals surface area contributed by atoms with Gasteiger partial charge in [0.05, 0.1) is 6.61 Å². The molecule has 0 aliphatic carbocycles. The second-order valence-electron chi connectivity index (χ2n) is 6.06. The van der Waals surface area contributed by atoms with Crippen LogP contribution in [0.4, 0.5) is 0 Å². The lowest BCUT2D eigenvalue weighted by Crippen LogP contribution is -2.45. The molecule has 108 valence electrons. The number of para-hydroxylation sites is 2. The van der Waals surface area contributed by atoms with E-state index in [4.69, 9.17) is 15.2 Å². The molecule has 0 amide bonds. The van der Waals surface area contributed by atoms with Crippen LogP contribution in [0, 0.1) is 5.41 Å². The third-order valence-corrected chi connectivity index (χ3v) is 2.90. The molecule has 0 spiro atoms. The van der Waals surface area contributed by atoms with E-state index >= 15 is 0 Å². The second kappa shape index (κ2) is 6.80. The smallest absolute Gasteiger partial charge is 0.161 e. The number of ether oxygens (including phenoxy) is 2. The van der Waals surface area contributed by atoms with E-state index < -0.39 is 0 Å². The first-order chi connectivity index (χ1) is 8.86. The van der Waals surface area contributed by atoms with Gasteiger partial charge in [-0.05, 0) is 25.5 Å².